The molecule has 2 heterocycles. The predicted molar refractivity (Wildman–Crippen MR) is 83.3 cm³/mol. The Hall–Kier alpha value is -1.40. The molecular formula is C16H26N4O2. The van der Waals surface area contributed by atoms with Gasteiger partial charge < -0.3 is 9.64 Å². The number of carbonyl (C=O) groups is 1. The van der Waals surface area contributed by atoms with E-state index in [1.165, 1.54) is 24.1 Å². The highest BCUT2D eigenvalue weighted by Gasteiger charge is 2.26. The first-order valence-corrected chi connectivity index (χ1v) is 8.08. The number of likely N-dealkylation sites (N-methyl/N-ethyl adjacent to an activating group) is 1. The highest BCUT2D eigenvalue weighted by atomic mass is 16.5. The second-order valence-corrected chi connectivity index (χ2v) is 6.70. The molecule has 0 bridgehead atoms. The minimum Gasteiger partial charge on any atom is -0.375 e. The molecule has 1 aromatic rings. The zero-order valence-corrected chi connectivity index (χ0v) is 13.8. The first kappa shape index (κ1) is 15.5. The number of aromatic nitrogens is 2. The topological polar surface area (TPSA) is 50.6 Å². The Balaban J connectivity index is 1.61. The Morgan fingerprint density at radius 2 is 2.18 bits per heavy atom. The van der Waals surface area contributed by atoms with Crippen LogP contribution in [0.3, 0.4) is 0 Å². The molecule has 0 aromatic carbocycles. The minimum atomic E-state index is 0.151. The summed E-state index contributed by atoms with van der Waals surface area (Å²) in [7, 11) is 5.59. The van der Waals surface area contributed by atoms with Crippen LogP contribution in [0.2, 0.25) is 0 Å². The lowest BCUT2D eigenvalue weighted by molar-refractivity contribution is -0.130. The Labute approximate surface area is 132 Å². The summed E-state index contributed by atoms with van der Waals surface area (Å²) in [5.41, 5.74) is 3.63. The highest BCUT2D eigenvalue weighted by Crippen LogP contribution is 2.29. The lowest BCUT2D eigenvalue weighted by Gasteiger charge is -2.27. The molecule has 1 aromatic heterocycles. The normalized spacial score (nSPS) is 18.3. The van der Waals surface area contributed by atoms with E-state index in [1.807, 2.05) is 11.7 Å². The fourth-order valence-corrected chi connectivity index (χ4v) is 2.90. The van der Waals surface area contributed by atoms with Crippen molar-refractivity contribution in [3.63, 3.8) is 0 Å². The molecule has 1 fully saturated rings. The summed E-state index contributed by atoms with van der Waals surface area (Å²) in [6.07, 6.45) is 3.58. The molecule has 3 rings (SSSR count). The number of nitrogens with zero attached hydrogens (tertiary/aromatic N) is 4. The molecule has 1 saturated carbocycles. The number of fused-ring (bicyclic) bond motifs is 1. The van der Waals surface area contributed by atoms with Gasteiger partial charge in [-0.25, -0.2) is 0 Å². The Morgan fingerprint density at radius 3 is 2.86 bits per heavy atom. The van der Waals surface area contributed by atoms with Gasteiger partial charge in [-0.3, -0.25) is 14.4 Å². The van der Waals surface area contributed by atoms with Gasteiger partial charge in [-0.05, 0) is 25.2 Å². The van der Waals surface area contributed by atoms with E-state index in [2.05, 4.69) is 10.00 Å². The molecule has 0 N–H and O–H groups in total. The van der Waals surface area contributed by atoms with Crippen molar-refractivity contribution in [2.24, 2.45) is 13.0 Å². The Bertz CT molecular complexity index is 549. The molecular weight excluding hydrogens is 280 g/mol. The number of rotatable bonds is 6. The maximum atomic E-state index is 11.9. The summed E-state index contributed by atoms with van der Waals surface area (Å²) in [4.78, 5) is 15.7. The van der Waals surface area contributed by atoms with Crippen LogP contribution in [0.5, 0.6) is 0 Å². The molecule has 1 aliphatic heterocycles. The summed E-state index contributed by atoms with van der Waals surface area (Å²) in [6, 6.07) is 0. The van der Waals surface area contributed by atoms with Crippen molar-refractivity contribution in [1.29, 1.82) is 0 Å². The zero-order chi connectivity index (χ0) is 15.7. The van der Waals surface area contributed by atoms with Gasteiger partial charge in [-0.2, -0.15) is 5.10 Å². The van der Waals surface area contributed by atoms with Crippen LogP contribution in [0.15, 0.2) is 0 Å². The van der Waals surface area contributed by atoms with Crippen LogP contribution in [0.1, 0.15) is 29.8 Å². The monoisotopic (exact) mass is 306 g/mol. The van der Waals surface area contributed by atoms with Gasteiger partial charge in [0.1, 0.15) is 0 Å². The first-order valence-electron chi connectivity index (χ1n) is 8.08. The van der Waals surface area contributed by atoms with E-state index < -0.39 is 0 Å². The van der Waals surface area contributed by atoms with Gasteiger partial charge >= 0.3 is 0 Å². The van der Waals surface area contributed by atoms with Crippen LogP contribution in [-0.2, 0) is 36.2 Å². The van der Waals surface area contributed by atoms with Crippen LogP contribution < -0.4 is 0 Å². The van der Waals surface area contributed by atoms with Crippen molar-refractivity contribution >= 4 is 5.91 Å². The Morgan fingerprint density at radius 1 is 1.41 bits per heavy atom. The van der Waals surface area contributed by atoms with Crippen LogP contribution in [0.25, 0.3) is 0 Å². The summed E-state index contributed by atoms with van der Waals surface area (Å²) < 4.78 is 7.75. The molecule has 22 heavy (non-hydrogen) atoms. The van der Waals surface area contributed by atoms with Gasteiger partial charge in [0.2, 0.25) is 5.91 Å². The van der Waals surface area contributed by atoms with Crippen LogP contribution in [-0.4, -0.2) is 59.3 Å². The summed E-state index contributed by atoms with van der Waals surface area (Å²) in [6.45, 7) is 3.67. The minimum absolute atomic E-state index is 0.151. The third-order valence-electron chi connectivity index (χ3n) is 4.56. The molecule has 1 amide bonds. The third-order valence-corrected chi connectivity index (χ3v) is 4.56. The number of carbonyl (C=O) groups excluding carboxylic acids is 1. The molecule has 0 spiro atoms. The third kappa shape index (κ3) is 3.50. The summed E-state index contributed by atoms with van der Waals surface area (Å²) in [5.74, 6) is 0.936. The van der Waals surface area contributed by atoms with Crippen LogP contribution in [0, 0.1) is 5.92 Å². The van der Waals surface area contributed by atoms with Crippen molar-refractivity contribution in [2.75, 3.05) is 33.8 Å². The van der Waals surface area contributed by atoms with E-state index >= 15 is 0 Å². The zero-order valence-electron chi connectivity index (χ0n) is 13.8. The van der Waals surface area contributed by atoms with E-state index in [9.17, 15) is 4.79 Å². The number of aryl methyl sites for hydroxylation is 1. The standard InChI is InChI=1S/C16H26N4O2/c1-18(2)16(21)9-20-7-6-13-14(11-22-10-12-4-5-12)17-19(3)15(13)8-20/h12H,4-11H2,1-3H3. The second-order valence-electron chi connectivity index (χ2n) is 6.70. The number of amides is 1. The van der Waals surface area contributed by atoms with Gasteiger partial charge in [0.15, 0.2) is 0 Å². The molecule has 122 valence electrons. The first-order chi connectivity index (χ1) is 10.5. The fourth-order valence-electron chi connectivity index (χ4n) is 2.90. The van der Waals surface area contributed by atoms with E-state index in [0.29, 0.717) is 13.2 Å². The van der Waals surface area contributed by atoms with E-state index in [1.54, 1.807) is 19.0 Å². The summed E-state index contributed by atoms with van der Waals surface area (Å²) >= 11 is 0. The van der Waals surface area contributed by atoms with E-state index in [-0.39, 0.29) is 5.91 Å². The smallest absolute Gasteiger partial charge is 0.236 e. The molecule has 6 heteroatoms. The van der Waals surface area contributed by atoms with Crippen LogP contribution >= 0.6 is 0 Å². The maximum Gasteiger partial charge on any atom is 0.236 e. The van der Waals surface area contributed by atoms with Gasteiger partial charge in [0.05, 0.1) is 24.5 Å². The number of hydrogen-bond acceptors (Lipinski definition) is 4. The van der Waals surface area contributed by atoms with Crippen molar-refractivity contribution < 1.29 is 9.53 Å². The largest absolute Gasteiger partial charge is 0.375 e. The average molecular weight is 306 g/mol. The highest BCUT2D eigenvalue weighted by molar-refractivity contribution is 5.77. The van der Waals surface area contributed by atoms with Crippen molar-refractivity contribution in [3.8, 4) is 0 Å². The number of ether oxygens (including phenoxy) is 1. The van der Waals surface area contributed by atoms with Crippen molar-refractivity contribution in [1.82, 2.24) is 19.6 Å². The summed E-state index contributed by atoms with van der Waals surface area (Å²) in [5, 5.41) is 4.63. The number of hydrogen-bond donors (Lipinski definition) is 0. The van der Waals surface area contributed by atoms with Gasteiger partial charge in [0, 0.05) is 46.4 Å². The van der Waals surface area contributed by atoms with Crippen LogP contribution in [0.4, 0.5) is 0 Å². The van der Waals surface area contributed by atoms with Gasteiger partial charge in [-0.1, -0.05) is 0 Å². The molecule has 1 aliphatic carbocycles. The molecule has 6 nitrogen and oxygen atoms in total. The lowest BCUT2D eigenvalue weighted by Crippen LogP contribution is -2.39. The van der Waals surface area contributed by atoms with Gasteiger partial charge in [-0.15, -0.1) is 0 Å². The fraction of sp³-hybridized carbons (Fsp3) is 0.750. The molecule has 0 radical (unpaired) electrons. The molecule has 0 atom stereocenters. The van der Waals surface area contributed by atoms with Crippen molar-refractivity contribution in [2.45, 2.75) is 32.4 Å². The van der Waals surface area contributed by atoms with Gasteiger partial charge in [0.25, 0.3) is 0 Å². The maximum absolute atomic E-state index is 11.9. The predicted octanol–water partition coefficient (Wildman–Crippen LogP) is 0.793. The molecule has 0 unspecified atom stereocenters. The van der Waals surface area contributed by atoms with Crippen molar-refractivity contribution in [3.05, 3.63) is 17.0 Å². The Kier molecular flexibility index (Phi) is 4.49. The van der Waals surface area contributed by atoms with E-state index in [0.717, 1.165) is 37.7 Å². The average Bonchev–Trinajstić information content (AvgIpc) is 3.25. The van der Waals surface area contributed by atoms with E-state index in [4.69, 9.17) is 4.74 Å². The molecule has 2 aliphatic rings. The lowest BCUT2D eigenvalue weighted by atomic mass is 10.0. The SMILES string of the molecule is CN(C)C(=O)CN1CCc2c(COCC3CC3)nn(C)c2C1. The second kappa shape index (κ2) is 6.38. The quantitative estimate of drug-likeness (QED) is 0.780. The molecule has 0 saturated heterocycles.